The van der Waals surface area contributed by atoms with Gasteiger partial charge in [-0.15, -0.1) is 24.0 Å². The molecular formula is C19H30FIN4O. The molecular weight excluding hydrogens is 446 g/mol. The number of allylic oxidation sites excluding steroid dienone is 1. The van der Waals surface area contributed by atoms with Gasteiger partial charge in [0.2, 0.25) is 0 Å². The highest BCUT2D eigenvalue weighted by molar-refractivity contribution is 14.0. The zero-order valence-electron chi connectivity index (χ0n) is 15.9. The van der Waals surface area contributed by atoms with Crippen LogP contribution in [0.4, 0.5) is 4.39 Å². The van der Waals surface area contributed by atoms with Crippen LogP contribution in [-0.4, -0.2) is 62.6 Å². The Hall–Kier alpha value is -1.35. The van der Waals surface area contributed by atoms with Crippen molar-refractivity contribution in [2.75, 3.05) is 46.9 Å². The van der Waals surface area contributed by atoms with Crippen LogP contribution in [0.1, 0.15) is 18.9 Å². The second-order valence-corrected chi connectivity index (χ2v) is 6.06. The number of benzene rings is 1. The third-order valence-electron chi connectivity index (χ3n) is 4.34. The number of hydrogen-bond acceptors (Lipinski definition) is 3. The predicted molar refractivity (Wildman–Crippen MR) is 116 cm³/mol. The van der Waals surface area contributed by atoms with Crippen LogP contribution in [0.2, 0.25) is 0 Å². The molecule has 0 amide bonds. The number of nitrogens with one attached hydrogen (secondary N) is 1. The van der Waals surface area contributed by atoms with Gasteiger partial charge in [0, 0.05) is 46.3 Å². The van der Waals surface area contributed by atoms with Crippen LogP contribution in [0.15, 0.2) is 35.3 Å². The molecule has 1 N–H and O–H groups in total. The number of methoxy groups -OCH3 is 1. The van der Waals surface area contributed by atoms with E-state index in [9.17, 15) is 4.39 Å². The first-order valence-corrected chi connectivity index (χ1v) is 8.79. The van der Waals surface area contributed by atoms with E-state index in [1.54, 1.807) is 12.1 Å². The van der Waals surface area contributed by atoms with Gasteiger partial charge in [-0.2, -0.15) is 0 Å². The molecule has 1 aliphatic heterocycles. The van der Waals surface area contributed by atoms with Crippen LogP contribution in [0.5, 0.6) is 5.75 Å². The van der Waals surface area contributed by atoms with E-state index in [-0.39, 0.29) is 29.8 Å². The molecule has 0 radical (unpaired) electrons. The normalized spacial score (nSPS) is 15.8. The molecule has 1 saturated heterocycles. The van der Waals surface area contributed by atoms with Crippen molar-refractivity contribution in [3.05, 3.63) is 41.7 Å². The lowest BCUT2D eigenvalue weighted by Crippen LogP contribution is -2.52. The molecule has 146 valence electrons. The van der Waals surface area contributed by atoms with Crippen LogP contribution < -0.4 is 10.1 Å². The molecule has 0 saturated carbocycles. The molecule has 1 aromatic rings. The smallest absolute Gasteiger partial charge is 0.193 e. The van der Waals surface area contributed by atoms with Crippen molar-refractivity contribution >= 4 is 29.9 Å². The fraction of sp³-hybridized carbons (Fsp3) is 0.526. The number of rotatable bonds is 6. The fourth-order valence-electron chi connectivity index (χ4n) is 2.95. The van der Waals surface area contributed by atoms with E-state index in [1.165, 1.54) is 7.11 Å². The number of halogens is 2. The van der Waals surface area contributed by atoms with Crippen molar-refractivity contribution < 1.29 is 9.13 Å². The summed E-state index contributed by atoms with van der Waals surface area (Å²) in [6, 6.07) is 5.18. The van der Waals surface area contributed by atoms with Gasteiger partial charge in [-0.25, -0.2) is 4.39 Å². The molecule has 0 bridgehead atoms. The van der Waals surface area contributed by atoms with Gasteiger partial charge in [-0.05, 0) is 31.0 Å². The number of hydrogen-bond donors (Lipinski definition) is 1. The van der Waals surface area contributed by atoms with E-state index in [0.29, 0.717) is 5.75 Å². The molecule has 0 aliphatic carbocycles. The van der Waals surface area contributed by atoms with Gasteiger partial charge in [-0.3, -0.25) is 9.89 Å². The second kappa shape index (κ2) is 12.1. The Labute approximate surface area is 173 Å². The number of piperazine rings is 1. The van der Waals surface area contributed by atoms with E-state index in [4.69, 9.17) is 4.74 Å². The summed E-state index contributed by atoms with van der Waals surface area (Å²) < 4.78 is 18.8. The average Bonchev–Trinajstić information content (AvgIpc) is 2.63. The van der Waals surface area contributed by atoms with E-state index in [1.807, 2.05) is 20.0 Å². The molecule has 7 heteroatoms. The van der Waals surface area contributed by atoms with Crippen molar-refractivity contribution in [2.45, 2.75) is 19.9 Å². The summed E-state index contributed by atoms with van der Waals surface area (Å²) in [7, 11) is 3.31. The Morgan fingerprint density at radius 1 is 1.31 bits per heavy atom. The molecule has 1 heterocycles. The van der Waals surface area contributed by atoms with Crippen LogP contribution in [-0.2, 0) is 6.54 Å². The summed E-state index contributed by atoms with van der Waals surface area (Å²) in [5.74, 6) is 0.949. The Bertz CT molecular complexity index is 601. The van der Waals surface area contributed by atoms with Gasteiger partial charge in [0.05, 0.1) is 7.11 Å². The van der Waals surface area contributed by atoms with E-state index in [2.05, 4.69) is 32.3 Å². The molecule has 0 atom stereocenters. The van der Waals surface area contributed by atoms with Crippen molar-refractivity contribution in [2.24, 2.45) is 4.99 Å². The Kier molecular flexibility index (Phi) is 10.6. The first-order valence-electron chi connectivity index (χ1n) is 8.79. The topological polar surface area (TPSA) is 40.1 Å². The first-order chi connectivity index (χ1) is 12.2. The highest BCUT2D eigenvalue weighted by Gasteiger charge is 2.19. The Morgan fingerprint density at radius 3 is 2.62 bits per heavy atom. The second-order valence-electron chi connectivity index (χ2n) is 6.06. The summed E-state index contributed by atoms with van der Waals surface area (Å²) in [5, 5.41) is 3.40. The van der Waals surface area contributed by atoms with Gasteiger partial charge in [0.15, 0.2) is 17.5 Å². The van der Waals surface area contributed by atoms with Crippen LogP contribution in [0.25, 0.3) is 0 Å². The van der Waals surface area contributed by atoms with Crippen molar-refractivity contribution in [1.29, 1.82) is 0 Å². The number of guanidine groups is 1. The van der Waals surface area contributed by atoms with Crippen LogP contribution in [0, 0.1) is 5.82 Å². The standard InChI is InChI=1S/C19H29FN4O.HI/c1-4-5-6-9-22-19(21-2)24-12-10-23(11-13-24)15-16-7-8-18(25-3)17(20)14-16;/h4-5,7-8,14H,6,9-13,15H2,1-3H3,(H,21,22);1H/b5-4+;. The van der Waals surface area contributed by atoms with Crippen LogP contribution >= 0.6 is 24.0 Å². The molecule has 1 fully saturated rings. The minimum absolute atomic E-state index is 0. The number of ether oxygens (including phenoxy) is 1. The lowest BCUT2D eigenvalue weighted by molar-refractivity contribution is 0.172. The minimum Gasteiger partial charge on any atom is -0.494 e. The Morgan fingerprint density at radius 2 is 2.04 bits per heavy atom. The molecule has 0 unspecified atom stereocenters. The fourth-order valence-corrected chi connectivity index (χ4v) is 2.95. The molecule has 1 aliphatic rings. The molecule has 1 aromatic carbocycles. The Balaban J connectivity index is 0.00000338. The summed E-state index contributed by atoms with van der Waals surface area (Å²) in [4.78, 5) is 8.99. The maximum Gasteiger partial charge on any atom is 0.193 e. The maximum absolute atomic E-state index is 13.8. The highest BCUT2D eigenvalue weighted by atomic mass is 127. The molecule has 0 spiro atoms. The third kappa shape index (κ3) is 6.75. The van der Waals surface area contributed by atoms with Crippen LogP contribution in [0.3, 0.4) is 0 Å². The summed E-state index contributed by atoms with van der Waals surface area (Å²) in [5.41, 5.74) is 0.973. The average molecular weight is 476 g/mol. The minimum atomic E-state index is -0.302. The SMILES string of the molecule is C/C=C/CCNC(=NC)N1CCN(Cc2ccc(OC)c(F)c2)CC1.I. The van der Waals surface area contributed by atoms with Gasteiger partial charge < -0.3 is 15.0 Å². The van der Waals surface area contributed by atoms with Crippen molar-refractivity contribution in [3.63, 3.8) is 0 Å². The predicted octanol–water partition coefficient (Wildman–Crippen LogP) is 3.11. The first kappa shape index (κ1) is 22.7. The van der Waals surface area contributed by atoms with Gasteiger partial charge in [0.1, 0.15) is 0 Å². The quantitative estimate of drug-likeness (QED) is 0.225. The molecule has 5 nitrogen and oxygen atoms in total. The summed E-state index contributed by atoms with van der Waals surface area (Å²) in [6.45, 7) is 7.38. The van der Waals surface area contributed by atoms with Gasteiger partial charge in [0.25, 0.3) is 0 Å². The highest BCUT2D eigenvalue weighted by Crippen LogP contribution is 2.19. The van der Waals surface area contributed by atoms with E-state index < -0.39 is 0 Å². The zero-order chi connectivity index (χ0) is 18.1. The van der Waals surface area contributed by atoms with Crippen molar-refractivity contribution in [1.82, 2.24) is 15.1 Å². The molecule has 26 heavy (non-hydrogen) atoms. The zero-order valence-corrected chi connectivity index (χ0v) is 18.2. The van der Waals surface area contributed by atoms with E-state index in [0.717, 1.165) is 57.2 Å². The number of aliphatic imine (C=N–C) groups is 1. The molecule has 2 rings (SSSR count). The third-order valence-corrected chi connectivity index (χ3v) is 4.34. The maximum atomic E-state index is 13.8. The largest absolute Gasteiger partial charge is 0.494 e. The van der Waals surface area contributed by atoms with Crippen molar-refractivity contribution in [3.8, 4) is 5.75 Å². The van der Waals surface area contributed by atoms with E-state index >= 15 is 0 Å². The van der Waals surface area contributed by atoms with Gasteiger partial charge in [-0.1, -0.05) is 18.2 Å². The summed E-state index contributed by atoms with van der Waals surface area (Å²) >= 11 is 0. The van der Waals surface area contributed by atoms with Gasteiger partial charge >= 0.3 is 0 Å². The molecule has 0 aromatic heterocycles. The summed E-state index contributed by atoms with van der Waals surface area (Å²) in [6.07, 6.45) is 5.20. The monoisotopic (exact) mass is 476 g/mol. The number of nitrogens with zero attached hydrogens (tertiary/aromatic N) is 3. The lowest BCUT2D eigenvalue weighted by atomic mass is 10.2. The lowest BCUT2D eigenvalue weighted by Gasteiger charge is -2.36.